The number of hydrogen-bond acceptors (Lipinski definition) is 1. The summed E-state index contributed by atoms with van der Waals surface area (Å²) in [5, 5.41) is 0.266. The Hall–Kier alpha value is -1.55. The summed E-state index contributed by atoms with van der Waals surface area (Å²) < 4.78 is 37.8. The van der Waals surface area contributed by atoms with Crippen molar-refractivity contribution >= 4 is 11.6 Å². The van der Waals surface area contributed by atoms with Gasteiger partial charge in [0.05, 0.1) is 11.3 Å². The maximum Gasteiger partial charge on any atom is 0.416 e. The van der Waals surface area contributed by atoms with Crippen LogP contribution in [0.15, 0.2) is 36.4 Å². The molecule has 1 aromatic heterocycles. The van der Waals surface area contributed by atoms with Crippen LogP contribution >= 0.6 is 11.6 Å². The fourth-order valence-electron chi connectivity index (χ4n) is 1.63. The number of pyridine rings is 1. The minimum Gasteiger partial charge on any atom is -0.236 e. The van der Waals surface area contributed by atoms with Gasteiger partial charge in [0, 0.05) is 5.56 Å². The molecule has 1 heterocycles. The van der Waals surface area contributed by atoms with Gasteiger partial charge in [-0.15, -0.1) is 0 Å². The highest BCUT2D eigenvalue weighted by Crippen LogP contribution is 2.32. The summed E-state index contributed by atoms with van der Waals surface area (Å²) >= 11 is 5.80. The number of nitrogens with zero attached hydrogens (tertiary/aromatic N) is 1. The highest BCUT2D eigenvalue weighted by Gasteiger charge is 2.30. The molecule has 2 rings (SSSR count). The Morgan fingerprint density at radius 3 is 2.44 bits per heavy atom. The lowest BCUT2D eigenvalue weighted by Gasteiger charge is -2.09. The number of aryl methyl sites for hydroxylation is 1. The molecule has 0 atom stereocenters. The van der Waals surface area contributed by atoms with Crippen LogP contribution in [0, 0.1) is 6.92 Å². The van der Waals surface area contributed by atoms with E-state index in [2.05, 4.69) is 4.98 Å². The number of hydrogen-bond donors (Lipinski definition) is 0. The van der Waals surface area contributed by atoms with E-state index >= 15 is 0 Å². The van der Waals surface area contributed by atoms with Gasteiger partial charge in [-0.2, -0.15) is 13.2 Å². The first-order chi connectivity index (χ1) is 8.36. The van der Waals surface area contributed by atoms with E-state index in [1.807, 2.05) is 6.92 Å². The van der Waals surface area contributed by atoms with Gasteiger partial charge in [0.15, 0.2) is 0 Å². The van der Waals surface area contributed by atoms with Crippen molar-refractivity contribution in [3.63, 3.8) is 0 Å². The fourth-order valence-corrected chi connectivity index (χ4v) is 1.89. The lowest BCUT2D eigenvalue weighted by atomic mass is 10.1. The van der Waals surface area contributed by atoms with Gasteiger partial charge in [-0.1, -0.05) is 23.7 Å². The van der Waals surface area contributed by atoms with Crippen molar-refractivity contribution < 1.29 is 13.2 Å². The highest BCUT2D eigenvalue weighted by atomic mass is 35.5. The SMILES string of the molecule is Cc1cc(Cl)nc(-c2cccc(C(F)(F)F)c2)c1. The zero-order chi connectivity index (χ0) is 13.3. The minimum atomic E-state index is -4.36. The Bertz CT molecular complexity index is 558. The van der Waals surface area contributed by atoms with Gasteiger partial charge in [-0.3, -0.25) is 0 Å². The molecular weight excluding hydrogens is 263 g/mol. The number of alkyl halides is 3. The molecule has 1 aromatic carbocycles. The van der Waals surface area contributed by atoms with Crippen molar-refractivity contribution in [1.29, 1.82) is 0 Å². The molecule has 5 heteroatoms. The normalized spacial score (nSPS) is 11.6. The van der Waals surface area contributed by atoms with Crippen LogP contribution in [-0.4, -0.2) is 4.98 Å². The van der Waals surface area contributed by atoms with E-state index in [1.165, 1.54) is 6.07 Å². The van der Waals surface area contributed by atoms with E-state index in [-0.39, 0.29) is 5.15 Å². The summed E-state index contributed by atoms with van der Waals surface area (Å²) in [5.74, 6) is 0. The van der Waals surface area contributed by atoms with Crippen LogP contribution in [0.5, 0.6) is 0 Å². The Morgan fingerprint density at radius 1 is 1.11 bits per heavy atom. The van der Waals surface area contributed by atoms with Gasteiger partial charge < -0.3 is 0 Å². The lowest BCUT2D eigenvalue weighted by molar-refractivity contribution is -0.137. The Kier molecular flexibility index (Phi) is 3.30. The van der Waals surface area contributed by atoms with E-state index in [1.54, 1.807) is 18.2 Å². The molecule has 0 aliphatic carbocycles. The van der Waals surface area contributed by atoms with Crippen LogP contribution in [0.25, 0.3) is 11.3 Å². The molecule has 0 aliphatic rings. The molecule has 0 aliphatic heterocycles. The molecule has 0 fully saturated rings. The van der Waals surface area contributed by atoms with E-state index in [4.69, 9.17) is 11.6 Å². The van der Waals surface area contributed by atoms with Crippen LogP contribution in [0.1, 0.15) is 11.1 Å². The highest BCUT2D eigenvalue weighted by molar-refractivity contribution is 6.29. The smallest absolute Gasteiger partial charge is 0.236 e. The van der Waals surface area contributed by atoms with Crippen LogP contribution in [-0.2, 0) is 6.18 Å². The van der Waals surface area contributed by atoms with Crippen LogP contribution < -0.4 is 0 Å². The molecule has 2 aromatic rings. The molecule has 0 radical (unpaired) electrons. The average molecular weight is 272 g/mol. The van der Waals surface area contributed by atoms with E-state index in [9.17, 15) is 13.2 Å². The third kappa shape index (κ3) is 2.82. The summed E-state index contributed by atoms with van der Waals surface area (Å²) in [5.41, 5.74) is 0.989. The quantitative estimate of drug-likeness (QED) is 0.683. The minimum absolute atomic E-state index is 0.266. The number of rotatable bonds is 1. The van der Waals surface area contributed by atoms with Crippen molar-refractivity contribution in [3.8, 4) is 11.3 Å². The second kappa shape index (κ2) is 4.61. The number of halogens is 4. The standard InChI is InChI=1S/C13H9ClF3N/c1-8-5-11(18-12(14)6-8)9-3-2-4-10(7-9)13(15,16)17/h2-7H,1H3. The van der Waals surface area contributed by atoms with Gasteiger partial charge >= 0.3 is 6.18 Å². The second-order valence-corrected chi connectivity index (χ2v) is 4.32. The molecule has 0 saturated heterocycles. The van der Waals surface area contributed by atoms with E-state index in [0.29, 0.717) is 11.3 Å². The molecule has 1 nitrogen and oxygen atoms in total. The molecule has 0 spiro atoms. The molecule has 18 heavy (non-hydrogen) atoms. The summed E-state index contributed by atoms with van der Waals surface area (Å²) in [6.07, 6.45) is -4.36. The van der Waals surface area contributed by atoms with Crippen molar-refractivity contribution in [3.05, 3.63) is 52.7 Å². The predicted molar refractivity (Wildman–Crippen MR) is 64.4 cm³/mol. The van der Waals surface area contributed by atoms with Crippen molar-refractivity contribution in [2.75, 3.05) is 0 Å². The summed E-state index contributed by atoms with van der Waals surface area (Å²) in [7, 11) is 0. The second-order valence-electron chi connectivity index (χ2n) is 3.93. The van der Waals surface area contributed by atoms with Gasteiger partial charge in [-0.25, -0.2) is 4.98 Å². The molecule has 94 valence electrons. The maximum absolute atomic E-state index is 12.6. The third-order valence-electron chi connectivity index (χ3n) is 2.42. The summed E-state index contributed by atoms with van der Waals surface area (Å²) in [6, 6.07) is 8.38. The summed E-state index contributed by atoms with van der Waals surface area (Å²) in [4.78, 5) is 4.03. The number of aromatic nitrogens is 1. The third-order valence-corrected chi connectivity index (χ3v) is 2.62. The first kappa shape index (κ1) is 12.9. The van der Waals surface area contributed by atoms with Gasteiger partial charge in [-0.05, 0) is 36.8 Å². The number of benzene rings is 1. The lowest BCUT2D eigenvalue weighted by Crippen LogP contribution is -2.04. The van der Waals surface area contributed by atoms with E-state index < -0.39 is 11.7 Å². The molecule has 0 saturated carbocycles. The Morgan fingerprint density at radius 2 is 1.83 bits per heavy atom. The van der Waals surface area contributed by atoms with Gasteiger partial charge in [0.1, 0.15) is 5.15 Å². The zero-order valence-electron chi connectivity index (χ0n) is 9.42. The van der Waals surface area contributed by atoms with Gasteiger partial charge in [0.2, 0.25) is 0 Å². The van der Waals surface area contributed by atoms with Gasteiger partial charge in [0.25, 0.3) is 0 Å². The van der Waals surface area contributed by atoms with E-state index in [0.717, 1.165) is 17.7 Å². The Labute approximate surface area is 107 Å². The fraction of sp³-hybridized carbons (Fsp3) is 0.154. The Balaban J connectivity index is 2.51. The molecule has 0 bridgehead atoms. The molecule has 0 amide bonds. The predicted octanol–water partition coefficient (Wildman–Crippen LogP) is 4.73. The van der Waals surface area contributed by atoms with Crippen molar-refractivity contribution in [2.45, 2.75) is 13.1 Å². The topological polar surface area (TPSA) is 12.9 Å². The van der Waals surface area contributed by atoms with Crippen LogP contribution in [0.3, 0.4) is 0 Å². The van der Waals surface area contributed by atoms with Crippen LogP contribution in [0.4, 0.5) is 13.2 Å². The first-order valence-electron chi connectivity index (χ1n) is 5.18. The summed E-state index contributed by atoms with van der Waals surface area (Å²) in [6.45, 7) is 1.81. The molecule has 0 N–H and O–H groups in total. The molecular formula is C13H9ClF3N. The van der Waals surface area contributed by atoms with Crippen molar-refractivity contribution in [1.82, 2.24) is 4.98 Å². The monoisotopic (exact) mass is 271 g/mol. The zero-order valence-corrected chi connectivity index (χ0v) is 10.2. The van der Waals surface area contributed by atoms with Crippen molar-refractivity contribution in [2.24, 2.45) is 0 Å². The maximum atomic E-state index is 12.6. The van der Waals surface area contributed by atoms with Crippen LogP contribution in [0.2, 0.25) is 5.15 Å². The largest absolute Gasteiger partial charge is 0.416 e. The average Bonchev–Trinajstić information content (AvgIpc) is 2.27. The first-order valence-corrected chi connectivity index (χ1v) is 5.56. The molecule has 0 unspecified atom stereocenters.